The smallest absolute Gasteiger partial charge is 0.304 e. The van der Waals surface area contributed by atoms with E-state index in [0.29, 0.717) is 11.3 Å². The summed E-state index contributed by atoms with van der Waals surface area (Å²) in [5.41, 5.74) is 5.66. The highest BCUT2D eigenvalue weighted by Gasteiger charge is 2.25. The Balaban J connectivity index is 1.51. The summed E-state index contributed by atoms with van der Waals surface area (Å²) < 4.78 is 25.9. The first-order valence-corrected chi connectivity index (χ1v) is 11.4. The van der Waals surface area contributed by atoms with Crippen LogP contribution in [0.1, 0.15) is 55.4 Å². The number of hydrogen-bond acceptors (Lipinski definition) is 3. The number of carboxylic acid groups (broad SMARTS) is 1. The van der Waals surface area contributed by atoms with Crippen molar-refractivity contribution in [2.24, 2.45) is 0 Å². The molecule has 0 saturated carbocycles. The standard InChI is InChI=1S/C29H29FO4/c1-18(2)14-22(16-29(31)32)19-4-8-23(9-5-19)34-28-13-7-20-15-21(6-11-25(20)28)26-17-24(33-3)10-12-27(26)30/h4-6,8-12,14-15,17,22,28H,7,13,16H2,1-3H3,(H,31,32)/t22-,28?/m0/s1. The van der Waals surface area contributed by atoms with Crippen LogP contribution in [0.4, 0.5) is 4.39 Å². The Morgan fingerprint density at radius 2 is 1.82 bits per heavy atom. The number of methoxy groups -OCH3 is 1. The third-order valence-electron chi connectivity index (χ3n) is 6.17. The van der Waals surface area contributed by atoms with Crippen LogP contribution in [0, 0.1) is 5.82 Å². The predicted octanol–water partition coefficient (Wildman–Crippen LogP) is 7.09. The number of halogens is 1. The normalized spacial score (nSPS) is 15.4. The minimum atomic E-state index is -0.821. The summed E-state index contributed by atoms with van der Waals surface area (Å²) in [4.78, 5) is 11.3. The molecular weight excluding hydrogens is 431 g/mol. The molecule has 1 aliphatic carbocycles. The van der Waals surface area contributed by atoms with Crippen LogP contribution in [0.2, 0.25) is 0 Å². The van der Waals surface area contributed by atoms with Crippen molar-refractivity contribution in [3.05, 3.63) is 94.8 Å². The van der Waals surface area contributed by atoms with Gasteiger partial charge >= 0.3 is 5.97 Å². The number of ether oxygens (including phenoxy) is 2. The quantitative estimate of drug-likeness (QED) is 0.365. The van der Waals surface area contributed by atoms with E-state index in [1.165, 1.54) is 6.07 Å². The fraction of sp³-hybridized carbons (Fsp3) is 0.276. The molecule has 4 nitrogen and oxygen atoms in total. The molecule has 1 aliphatic rings. The maximum absolute atomic E-state index is 14.4. The van der Waals surface area contributed by atoms with E-state index in [2.05, 4.69) is 0 Å². The van der Waals surface area contributed by atoms with Crippen LogP contribution < -0.4 is 9.47 Å². The van der Waals surface area contributed by atoms with Gasteiger partial charge in [0.05, 0.1) is 13.5 Å². The van der Waals surface area contributed by atoms with Gasteiger partial charge in [-0.15, -0.1) is 0 Å². The predicted molar refractivity (Wildman–Crippen MR) is 131 cm³/mol. The second-order valence-electron chi connectivity index (χ2n) is 8.92. The number of rotatable bonds is 8. The third kappa shape index (κ3) is 5.30. The zero-order valence-corrected chi connectivity index (χ0v) is 19.7. The zero-order chi connectivity index (χ0) is 24.2. The Hall–Kier alpha value is -3.60. The molecule has 3 aromatic rings. The van der Waals surface area contributed by atoms with Gasteiger partial charge < -0.3 is 14.6 Å². The van der Waals surface area contributed by atoms with Crippen molar-refractivity contribution in [2.75, 3.05) is 7.11 Å². The molecule has 5 heteroatoms. The number of allylic oxidation sites excluding steroid dienone is 2. The second kappa shape index (κ2) is 10.1. The van der Waals surface area contributed by atoms with Gasteiger partial charge in [0.25, 0.3) is 0 Å². The summed E-state index contributed by atoms with van der Waals surface area (Å²) in [5, 5.41) is 9.25. The maximum atomic E-state index is 14.4. The van der Waals surface area contributed by atoms with Gasteiger partial charge in [-0.1, -0.05) is 42.0 Å². The summed E-state index contributed by atoms with van der Waals surface area (Å²) in [6.07, 6.45) is 3.68. The van der Waals surface area contributed by atoms with E-state index in [9.17, 15) is 14.3 Å². The summed E-state index contributed by atoms with van der Waals surface area (Å²) >= 11 is 0. The van der Waals surface area contributed by atoms with Gasteiger partial charge in [0, 0.05) is 11.5 Å². The van der Waals surface area contributed by atoms with Gasteiger partial charge in [-0.05, 0) is 79.3 Å². The van der Waals surface area contributed by atoms with Crippen LogP contribution in [0.15, 0.2) is 72.3 Å². The number of aliphatic carboxylic acids is 1. The molecule has 0 amide bonds. The topological polar surface area (TPSA) is 55.8 Å². The molecule has 0 saturated heterocycles. The van der Waals surface area contributed by atoms with E-state index in [4.69, 9.17) is 9.47 Å². The van der Waals surface area contributed by atoms with Gasteiger partial charge in [0.2, 0.25) is 0 Å². The summed E-state index contributed by atoms with van der Waals surface area (Å²) in [6.45, 7) is 3.94. The Morgan fingerprint density at radius 1 is 1.09 bits per heavy atom. The number of aryl methyl sites for hydroxylation is 1. The van der Waals surface area contributed by atoms with Crippen molar-refractivity contribution in [1.82, 2.24) is 0 Å². The molecule has 1 N–H and O–H groups in total. The van der Waals surface area contributed by atoms with Crippen LogP contribution in [0.5, 0.6) is 11.5 Å². The van der Waals surface area contributed by atoms with Gasteiger partial charge in [-0.3, -0.25) is 4.79 Å². The Labute approximate surface area is 199 Å². The molecule has 0 aliphatic heterocycles. The minimum absolute atomic E-state index is 0.0532. The molecule has 0 bridgehead atoms. The van der Waals surface area contributed by atoms with E-state index in [1.54, 1.807) is 19.2 Å². The lowest BCUT2D eigenvalue weighted by atomic mass is 9.94. The summed E-state index contributed by atoms with van der Waals surface area (Å²) in [5.74, 6) is 0.103. The molecule has 0 spiro atoms. The summed E-state index contributed by atoms with van der Waals surface area (Å²) in [6, 6.07) is 18.4. The largest absolute Gasteiger partial charge is 0.497 e. The van der Waals surface area contributed by atoms with Crippen molar-refractivity contribution in [2.45, 2.75) is 45.1 Å². The van der Waals surface area contributed by atoms with E-state index in [1.807, 2.05) is 62.4 Å². The van der Waals surface area contributed by atoms with Crippen LogP contribution in [0.25, 0.3) is 11.1 Å². The average molecular weight is 461 g/mol. The van der Waals surface area contributed by atoms with Crippen molar-refractivity contribution >= 4 is 5.97 Å². The highest BCUT2D eigenvalue weighted by atomic mass is 19.1. The van der Waals surface area contributed by atoms with Crippen molar-refractivity contribution in [1.29, 1.82) is 0 Å². The second-order valence-corrected chi connectivity index (χ2v) is 8.92. The first-order valence-electron chi connectivity index (χ1n) is 11.4. The van der Waals surface area contributed by atoms with Gasteiger partial charge in [0.15, 0.2) is 0 Å². The average Bonchev–Trinajstić information content (AvgIpc) is 3.21. The molecule has 0 aromatic heterocycles. The highest BCUT2D eigenvalue weighted by molar-refractivity contribution is 5.69. The molecule has 3 aromatic carbocycles. The molecule has 0 heterocycles. The lowest BCUT2D eigenvalue weighted by Gasteiger charge is -2.17. The van der Waals surface area contributed by atoms with Crippen molar-refractivity contribution in [3.63, 3.8) is 0 Å². The Morgan fingerprint density at radius 3 is 2.50 bits per heavy atom. The number of carbonyl (C=O) groups is 1. The van der Waals surface area contributed by atoms with Crippen molar-refractivity contribution < 1.29 is 23.8 Å². The first-order chi connectivity index (χ1) is 16.3. The lowest BCUT2D eigenvalue weighted by Crippen LogP contribution is -2.06. The third-order valence-corrected chi connectivity index (χ3v) is 6.17. The van der Waals surface area contributed by atoms with Crippen LogP contribution in [-0.4, -0.2) is 18.2 Å². The first kappa shape index (κ1) is 23.6. The monoisotopic (exact) mass is 460 g/mol. The molecule has 176 valence electrons. The molecule has 34 heavy (non-hydrogen) atoms. The zero-order valence-electron chi connectivity index (χ0n) is 19.7. The highest BCUT2D eigenvalue weighted by Crippen LogP contribution is 2.38. The molecule has 1 unspecified atom stereocenters. The molecular formula is C29H29FO4. The fourth-order valence-electron chi connectivity index (χ4n) is 4.54. The lowest BCUT2D eigenvalue weighted by molar-refractivity contribution is -0.137. The SMILES string of the molecule is COc1ccc(F)c(-c2ccc3c(c2)CCC3Oc2ccc([C@@H](C=C(C)C)CC(=O)O)cc2)c1. The van der Waals surface area contributed by atoms with Crippen LogP contribution in [-0.2, 0) is 11.2 Å². The Bertz CT molecular complexity index is 1210. The van der Waals surface area contributed by atoms with E-state index >= 15 is 0 Å². The molecule has 0 fully saturated rings. The van der Waals surface area contributed by atoms with E-state index in [-0.39, 0.29) is 24.3 Å². The molecule has 2 atom stereocenters. The molecule has 4 rings (SSSR count). The van der Waals surface area contributed by atoms with Crippen LogP contribution >= 0.6 is 0 Å². The van der Waals surface area contributed by atoms with Gasteiger partial charge in [-0.2, -0.15) is 0 Å². The fourth-order valence-corrected chi connectivity index (χ4v) is 4.54. The minimum Gasteiger partial charge on any atom is -0.497 e. The number of benzene rings is 3. The summed E-state index contributed by atoms with van der Waals surface area (Å²) in [7, 11) is 1.57. The number of carboxylic acids is 1. The van der Waals surface area contributed by atoms with Gasteiger partial charge in [0.1, 0.15) is 23.4 Å². The van der Waals surface area contributed by atoms with Crippen LogP contribution in [0.3, 0.4) is 0 Å². The van der Waals surface area contributed by atoms with E-state index in [0.717, 1.165) is 46.4 Å². The van der Waals surface area contributed by atoms with Gasteiger partial charge in [-0.25, -0.2) is 4.39 Å². The van der Waals surface area contributed by atoms with Crippen molar-refractivity contribution in [3.8, 4) is 22.6 Å². The van der Waals surface area contributed by atoms with E-state index < -0.39 is 5.97 Å². The maximum Gasteiger partial charge on any atom is 0.304 e. The molecule has 0 radical (unpaired) electrons. The Kier molecular flexibility index (Phi) is 7.01. The number of hydrogen-bond donors (Lipinski definition) is 1. The number of fused-ring (bicyclic) bond motifs is 1.